The van der Waals surface area contributed by atoms with Gasteiger partial charge in [0, 0.05) is 16.7 Å². The van der Waals surface area contributed by atoms with Crippen LogP contribution in [0.2, 0.25) is 0 Å². The van der Waals surface area contributed by atoms with Crippen molar-refractivity contribution in [1.29, 1.82) is 0 Å². The number of rotatable bonds is 5. The summed E-state index contributed by atoms with van der Waals surface area (Å²) in [4.78, 5) is 35.2. The van der Waals surface area contributed by atoms with Crippen molar-refractivity contribution in [3.05, 3.63) is 52.0 Å². The first kappa shape index (κ1) is 19.2. The van der Waals surface area contributed by atoms with E-state index in [2.05, 4.69) is 15.3 Å². The van der Waals surface area contributed by atoms with Crippen LogP contribution in [-0.2, 0) is 4.79 Å². The molecule has 2 N–H and O–H groups in total. The van der Waals surface area contributed by atoms with E-state index in [9.17, 15) is 18.4 Å². The monoisotopic (exact) mass is 430 g/mol. The molecule has 1 saturated heterocycles. The number of carbonyl (C=O) groups excluding carboxylic acids is 2. The van der Waals surface area contributed by atoms with Crippen molar-refractivity contribution in [3.63, 3.8) is 0 Å². The van der Waals surface area contributed by atoms with Gasteiger partial charge in [0.15, 0.2) is 0 Å². The van der Waals surface area contributed by atoms with Crippen molar-refractivity contribution in [1.82, 2.24) is 20.2 Å². The fourth-order valence-corrected chi connectivity index (χ4v) is 4.82. The molecule has 2 fully saturated rings. The second-order valence-corrected chi connectivity index (χ2v) is 9.15. The Morgan fingerprint density at radius 2 is 2.03 bits per heavy atom. The highest BCUT2D eigenvalue weighted by Gasteiger charge is 2.47. The van der Waals surface area contributed by atoms with Crippen LogP contribution >= 0.6 is 11.3 Å². The number of carbonyl (C=O) groups is 2. The third-order valence-electron chi connectivity index (χ3n) is 5.64. The summed E-state index contributed by atoms with van der Waals surface area (Å²) in [5.74, 6) is -2.42. The van der Waals surface area contributed by atoms with Gasteiger partial charge in [-0.1, -0.05) is 12.1 Å². The number of nitrogens with zero attached hydrogens (tertiary/aromatic N) is 2. The molecule has 3 aromatic rings. The molecular weight excluding hydrogens is 410 g/mol. The lowest BCUT2D eigenvalue weighted by Gasteiger charge is -2.38. The van der Waals surface area contributed by atoms with Gasteiger partial charge >= 0.3 is 0 Å². The van der Waals surface area contributed by atoms with Gasteiger partial charge in [-0.25, -0.2) is 13.8 Å². The van der Waals surface area contributed by atoms with E-state index >= 15 is 0 Å². The van der Waals surface area contributed by atoms with Crippen LogP contribution in [0.25, 0.3) is 11.0 Å². The van der Waals surface area contributed by atoms with E-state index in [1.807, 2.05) is 31.2 Å². The van der Waals surface area contributed by atoms with Gasteiger partial charge in [0.1, 0.15) is 5.82 Å². The lowest BCUT2D eigenvalue weighted by molar-refractivity contribution is -0.123. The molecule has 3 atom stereocenters. The largest absolute Gasteiger partial charge is 0.349 e. The highest BCUT2D eigenvalue weighted by atomic mass is 32.1. The number of likely N-dealkylation sites (tertiary alicyclic amines) is 1. The first-order valence-electron chi connectivity index (χ1n) is 9.82. The molecule has 1 aliphatic carbocycles. The minimum Gasteiger partial charge on any atom is -0.349 e. The molecule has 2 aromatic heterocycles. The normalized spacial score (nSPS) is 23.1. The van der Waals surface area contributed by atoms with Gasteiger partial charge in [0.05, 0.1) is 35.0 Å². The Morgan fingerprint density at radius 3 is 2.77 bits per heavy atom. The van der Waals surface area contributed by atoms with E-state index in [1.54, 1.807) is 12.1 Å². The molecule has 1 saturated carbocycles. The Morgan fingerprint density at radius 1 is 1.27 bits per heavy atom. The fraction of sp³-hybridized carbons (Fsp3) is 0.381. The number of halogens is 2. The van der Waals surface area contributed by atoms with Crippen LogP contribution in [0.3, 0.4) is 0 Å². The number of aromatic nitrogens is 2. The molecule has 6 nitrogen and oxygen atoms in total. The van der Waals surface area contributed by atoms with Crippen molar-refractivity contribution in [3.8, 4) is 0 Å². The van der Waals surface area contributed by atoms with Crippen LogP contribution in [0, 0.1) is 5.92 Å². The smallest absolute Gasteiger partial charge is 0.282 e. The Hall–Kier alpha value is -2.81. The van der Waals surface area contributed by atoms with Crippen LogP contribution in [-0.4, -0.2) is 45.7 Å². The van der Waals surface area contributed by atoms with Crippen molar-refractivity contribution in [2.75, 3.05) is 13.1 Å². The third-order valence-corrected chi connectivity index (χ3v) is 6.90. The summed E-state index contributed by atoms with van der Waals surface area (Å²) in [6, 6.07) is 10.9. The summed E-state index contributed by atoms with van der Waals surface area (Å²) < 4.78 is 26.0. The number of H-pyrrole nitrogens is 1. The first-order valence-corrected chi connectivity index (χ1v) is 10.6. The zero-order chi connectivity index (χ0) is 21.0. The molecule has 156 valence electrons. The van der Waals surface area contributed by atoms with Gasteiger partial charge in [-0.3, -0.25) is 9.59 Å². The lowest BCUT2D eigenvalue weighted by Crippen LogP contribution is -2.58. The van der Waals surface area contributed by atoms with E-state index in [-0.39, 0.29) is 29.7 Å². The number of imidazole rings is 1. The lowest BCUT2D eigenvalue weighted by atomic mass is 10.1. The standard InChI is InChI=1S/C21H20F2N4O2S/c1-11(16-6-7-17(30-16)20(29)27-9-21(22,23)10-27)24-19(28)13-8-12(13)18-25-14-4-2-3-5-15(14)26-18/h2-7,11-13H,8-10H2,1H3,(H,24,28)(H,25,26). The molecule has 3 unspecified atom stereocenters. The summed E-state index contributed by atoms with van der Waals surface area (Å²) in [6.45, 7) is 0.792. The number of fused-ring (bicyclic) bond motifs is 1. The molecule has 3 heterocycles. The third kappa shape index (κ3) is 3.47. The Labute approximate surface area is 175 Å². The Kier molecular flexibility index (Phi) is 4.39. The molecule has 0 bridgehead atoms. The quantitative estimate of drug-likeness (QED) is 0.648. The number of amides is 2. The van der Waals surface area contributed by atoms with Crippen LogP contribution in [0.5, 0.6) is 0 Å². The highest BCUT2D eigenvalue weighted by molar-refractivity contribution is 7.14. The first-order chi connectivity index (χ1) is 14.3. The zero-order valence-electron chi connectivity index (χ0n) is 16.2. The molecule has 0 spiro atoms. The molecule has 2 aliphatic rings. The van der Waals surface area contributed by atoms with Crippen LogP contribution in [0.15, 0.2) is 36.4 Å². The zero-order valence-corrected chi connectivity index (χ0v) is 17.0. The van der Waals surface area contributed by atoms with E-state index < -0.39 is 19.0 Å². The average Bonchev–Trinajstić information content (AvgIpc) is 3.14. The van der Waals surface area contributed by atoms with Crippen molar-refractivity contribution in [2.45, 2.75) is 31.2 Å². The molecule has 2 amide bonds. The van der Waals surface area contributed by atoms with Crippen molar-refractivity contribution < 1.29 is 18.4 Å². The number of benzene rings is 1. The number of hydrogen-bond acceptors (Lipinski definition) is 4. The molecule has 30 heavy (non-hydrogen) atoms. The summed E-state index contributed by atoms with van der Waals surface area (Å²) >= 11 is 1.23. The average molecular weight is 430 g/mol. The molecule has 1 aliphatic heterocycles. The SMILES string of the molecule is CC(NC(=O)C1CC1c1nc2ccccc2[nH]1)c1ccc(C(=O)N2CC(F)(F)C2)s1. The van der Waals surface area contributed by atoms with Gasteiger partial charge in [-0.05, 0) is 37.6 Å². The fourth-order valence-electron chi connectivity index (χ4n) is 3.84. The predicted octanol–water partition coefficient (Wildman–Crippen LogP) is 3.70. The minimum atomic E-state index is -2.78. The second-order valence-electron chi connectivity index (χ2n) is 8.04. The molecule has 0 radical (unpaired) electrons. The highest BCUT2D eigenvalue weighted by Crippen LogP contribution is 2.47. The van der Waals surface area contributed by atoms with E-state index in [0.717, 1.165) is 33.1 Å². The number of nitrogens with one attached hydrogen (secondary N) is 2. The van der Waals surface area contributed by atoms with E-state index in [1.165, 1.54) is 11.3 Å². The number of hydrogen-bond donors (Lipinski definition) is 2. The molecule has 1 aromatic carbocycles. The Bertz CT molecular complexity index is 1100. The summed E-state index contributed by atoms with van der Waals surface area (Å²) in [6.07, 6.45) is 0.746. The van der Waals surface area contributed by atoms with Gasteiger partial charge in [-0.15, -0.1) is 11.3 Å². The topological polar surface area (TPSA) is 78.1 Å². The van der Waals surface area contributed by atoms with Crippen LogP contribution in [0.4, 0.5) is 8.78 Å². The van der Waals surface area contributed by atoms with Gasteiger partial charge < -0.3 is 15.2 Å². The summed E-state index contributed by atoms with van der Waals surface area (Å²) in [5, 5.41) is 3.00. The van der Waals surface area contributed by atoms with Crippen molar-refractivity contribution >= 4 is 34.2 Å². The number of alkyl halides is 2. The number of thiophene rings is 1. The maximum absolute atomic E-state index is 13.0. The van der Waals surface area contributed by atoms with E-state index in [0.29, 0.717) is 4.88 Å². The molecule has 5 rings (SSSR count). The Balaban J connectivity index is 1.19. The summed E-state index contributed by atoms with van der Waals surface area (Å²) in [7, 11) is 0. The predicted molar refractivity (Wildman–Crippen MR) is 109 cm³/mol. The molecular formula is C21H20F2N4O2S. The number of aromatic amines is 1. The van der Waals surface area contributed by atoms with Gasteiger partial charge in [0.25, 0.3) is 11.8 Å². The maximum atomic E-state index is 13.0. The van der Waals surface area contributed by atoms with Gasteiger partial charge in [-0.2, -0.15) is 0 Å². The maximum Gasteiger partial charge on any atom is 0.282 e. The van der Waals surface area contributed by atoms with Gasteiger partial charge in [0.2, 0.25) is 5.91 Å². The van der Waals surface area contributed by atoms with Crippen molar-refractivity contribution in [2.24, 2.45) is 5.92 Å². The van der Waals surface area contributed by atoms with Crippen LogP contribution in [0.1, 0.15) is 45.7 Å². The van der Waals surface area contributed by atoms with E-state index in [4.69, 9.17) is 0 Å². The number of para-hydroxylation sites is 2. The summed E-state index contributed by atoms with van der Waals surface area (Å²) in [5.41, 5.74) is 1.85. The second kappa shape index (κ2) is 6.87. The molecule has 9 heteroatoms. The minimum absolute atomic E-state index is 0.0448. The van der Waals surface area contributed by atoms with Crippen LogP contribution < -0.4 is 5.32 Å².